The number of guanidine groups is 1. The van der Waals surface area contributed by atoms with Crippen LogP contribution in [0.15, 0.2) is 16.6 Å². The number of allylic oxidation sites excluding steroid dienone is 2. The maximum Gasteiger partial charge on any atom is 0.212 e. The van der Waals surface area contributed by atoms with Gasteiger partial charge in [0.15, 0.2) is 0 Å². The Labute approximate surface area is 80.3 Å². The van der Waals surface area contributed by atoms with Gasteiger partial charge in [0.1, 0.15) is 0 Å². The smallest absolute Gasteiger partial charge is 0.212 e. The molecule has 0 aromatic carbocycles. The molecular formula is C10H19N3. The zero-order valence-corrected chi connectivity index (χ0v) is 8.89. The first kappa shape index (κ1) is 11.9. The Hall–Kier alpha value is -1.12. The lowest BCUT2D eigenvalue weighted by Gasteiger charge is -2.12. The number of hydrogen-bond donors (Lipinski definition) is 2. The molecule has 0 spiro atoms. The van der Waals surface area contributed by atoms with E-state index >= 15 is 0 Å². The lowest BCUT2D eigenvalue weighted by Crippen LogP contribution is -2.14. The fourth-order valence-corrected chi connectivity index (χ4v) is 1.33. The van der Waals surface area contributed by atoms with E-state index in [1.54, 1.807) is 0 Å². The minimum atomic E-state index is -0.114. The highest BCUT2D eigenvalue weighted by molar-refractivity contribution is 6.06. The molecule has 0 aromatic rings. The summed E-state index contributed by atoms with van der Waals surface area (Å²) in [7, 11) is 0. The third-order valence-electron chi connectivity index (χ3n) is 1.86. The normalized spacial score (nSPS) is 13.6. The predicted molar refractivity (Wildman–Crippen MR) is 58.2 cm³/mol. The van der Waals surface area contributed by atoms with Crippen molar-refractivity contribution in [3.05, 3.63) is 11.6 Å². The molecule has 3 nitrogen and oxygen atoms in total. The maximum atomic E-state index is 7.10. The van der Waals surface area contributed by atoms with E-state index in [1.807, 2.05) is 19.9 Å². The second kappa shape index (κ2) is 5.51. The van der Waals surface area contributed by atoms with Crippen LogP contribution < -0.4 is 5.73 Å². The molecule has 0 aliphatic rings. The maximum absolute atomic E-state index is 7.10. The number of hydrogen-bond acceptors (Lipinski definition) is 1. The van der Waals surface area contributed by atoms with Crippen LogP contribution in [0.25, 0.3) is 0 Å². The first-order chi connectivity index (χ1) is 6.02. The molecule has 3 N–H and O–H groups in total. The van der Waals surface area contributed by atoms with Gasteiger partial charge in [-0.1, -0.05) is 26.8 Å². The van der Waals surface area contributed by atoms with Crippen LogP contribution in [0.4, 0.5) is 0 Å². The minimum Gasteiger partial charge on any atom is -0.368 e. The molecule has 3 heteroatoms. The van der Waals surface area contributed by atoms with Crippen molar-refractivity contribution in [3.63, 3.8) is 0 Å². The third-order valence-corrected chi connectivity index (χ3v) is 1.86. The van der Waals surface area contributed by atoms with Crippen LogP contribution in [-0.4, -0.2) is 11.7 Å². The molecule has 0 heterocycles. The highest BCUT2D eigenvalue weighted by atomic mass is 15.0. The van der Waals surface area contributed by atoms with Gasteiger partial charge in [0.05, 0.1) is 0 Å². The standard InChI is InChI=1S/C10H19N3/c1-5-8(7(3)4)9(6-2)13-10(11)12/h5,7H,6H2,1-4H3,(H3,11,12)/b8-5-,13-9-. The van der Waals surface area contributed by atoms with Crippen LogP contribution in [0.2, 0.25) is 0 Å². The zero-order valence-electron chi connectivity index (χ0n) is 8.89. The molecule has 0 rings (SSSR count). The van der Waals surface area contributed by atoms with Crippen molar-refractivity contribution in [3.8, 4) is 0 Å². The summed E-state index contributed by atoms with van der Waals surface area (Å²) in [6, 6.07) is 0. The second-order valence-corrected chi connectivity index (χ2v) is 3.20. The van der Waals surface area contributed by atoms with Gasteiger partial charge < -0.3 is 5.73 Å². The molecule has 13 heavy (non-hydrogen) atoms. The quantitative estimate of drug-likeness (QED) is 0.509. The predicted octanol–water partition coefficient (Wildman–Crippen LogP) is 2.33. The average molecular weight is 181 g/mol. The molecule has 0 aliphatic carbocycles. The monoisotopic (exact) mass is 181 g/mol. The van der Waals surface area contributed by atoms with Crippen molar-refractivity contribution in [2.24, 2.45) is 16.6 Å². The van der Waals surface area contributed by atoms with E-state index in [1.165, 1.54) is 5.57 Å². The first-order valence-electron chi connectivity index (χ1n) is 4.61. The average Bonchev–Trinajstić information content (AvgIpc) is 2.02. The van der Waals surface area contributed by atoms with Gasteiger partial charge in [-0.05, 0) is 24.8 Å². The van der Waals surface area contributed by atoms with Crippen LogP contribution in [0.3, 0.4) is 0 Å². The number of nitrogens with two attached hydrogens (primary N) is 1. The van der Waals surface area contributed by atoms with Crippen molar-refractivity contribution in [2.45, 2.75) is 34.1 Å². The van der Waals surface area contributed by atoms with Crippen LogP contribution in [0.1, 0.15) is 34.1 Å². The lowest BCUT2D eigenvalue weighted by molar-refractivity contribution is 0.796. The summed E-state index contributed by atoms with van der Waals surface area (Å²) in [6.45, 7) is 8.23. The van der Waals surface area contributed by atoms with Gasteiger partial charge in [0.25, 0.3) is 0 Å². The summed E-state index contributed by atoms with van der Waals surface area (Å²) in [5.41, 5.74) is 7.33. The van der Waals surface area contributed by atoms with E-state index in [0.717, 1.165) is 12.1 Å². The largest absolute Gasteiger partial charge is 0.368 e. The molecule has 0 fully saturated rings. The summed E-state index contributed by atoms with van der Waals surface area (Å²) >= 11 is 0. The molecule has 0 saturated carbocycles. The van der Waals surface area contributed by atoms with Crippen LogP contribution >= 0.6 is 0 Å². The molecule has 0 saturated heterocycles. The van der Waals surface area contributed by atoms with Crippen molar-refractivity contribution >= 4 is 11.7 Å². The number of rotatable bonds is 3. The van der Waals surface area contributed by atoms with Crippen LogP contribution in [0.5, 0.6) is 0 Å². The Morgan fingerprint density at radius 2 is 2.08 bits per heavy atom. The van der Waals surface area contributed by atoms with Gasteiger partial charge >= 0.3 is 0 Å². The van der Waals surface area contributed by atoms with E-state index < -0.39 is 0 Å². The molecule has 0 unspecified atom stereocenters. The lowest BCUT2D eigenvalue weighted by atomic mass is 9.96. The topological polar surface area (TPSA) is 62.2 Å². The second-order valence-electron chi connectivity index (χ2n) is 3.20. The van der Waals surface area contributed by atoms with Gasteiger partial charge in [0, 0.05) is 5.71 Å². The van der Waals surface area contributed by atoms with E-state index in [2.05, 4.69) is 18.8 Å². The SMILES string of the molecule is C/C=C(\C(CC)=N/C(=N)N)C(C)C. The van der Waals surface area contributed by atoms with Crippen molar-refractivity contribution in [1.82, 2.24) is 0 Å². The molecule has 74 valence electrons. The Kier molecular flexibility index (Phi) is 5.04. The summed E-state index contributed by atoms with van der Waals surface area (Å²) < 4.78 is 0. The minimum absolute atomic E-state index is 0.114. The molecule has 0 atom stereocenters. The summed E-state index contributed by atoms with van der Waals surface area (Å²) in [5.74, 6) is 0.319. The molecule has 0 amide bonds. The van der Waals surface area contributed by atoms with Gasteiger partial charge in [-0.2, -0.15) is 0 Å². The molecular weight excluding hydrogens is 162 g/mol. The highest BCUT2D eigenvalue weighted by Crippen LogP contribution is 2.13. The Bertz CT molecular complexity index is 237. The van der Waals surface area contributed by atoms with Crippen molar-refractivity contribution in [2.75, 3.05) is 0 Å². The Morgan fingerprint density at radius 3 is 2.31 bits per heavy atom. The fourth-order valence-electron chi connectivity index (χ4n) is 1.33. The van der Waals surface area contributed by atoms with Crippen molar-refractivity contribution in [1.29, 1.82) is 5.41 Å². The number of aliphatic imine (C=N–C) groups is 1. The zero-order chi connectivity index (χ0) is 10.4. The van der Waals surface area contributed by atoms with E-state index in [-0.39, 0.29) is 5.96 Å². The Morgan fingerprint density at radius 1 is 1.54 bits per heavy atom. The van der Waals surface area contributed by atoms with Gasteiger partial charge in [-0.15, -0.1) is 0 Å². The third kappa shape index (κ3) is 3.87. The van der Waals surface area contributed by atoms with Gasteiger partial charge in [-0.3, -0.25) is 5.41 Å². The molecule has 0 aliphatic heterocycles. The summed E-state index contributed by atoms with van der Waals surface area (Å²) in [5, 5.41) is 7.10. The number of nitrogens with one attached hydrogen (secondary N) is 1. The first-order valence-corrected chi connectivity index (χ1v) is 4.61. The summed E-state index contributed by atoms with van der Waals surface area (Å²) in [4.78, 5) is 4.00. The number of nitrogens with zero attached hydrogens (tertiary/aromatic N) is 1. The van der Waals surface area contributed by atoms with E-state index in [4.69, 9.17) is 11.1 Å². The Balaban J connectivity index is 4.85. The fraction of sp³-hybridized carbons (Fsp3) is 0.600. The van der Waals surface area contributed by atoms with E-state index in [9.17, 15) is 0 Å². The molecule has 0 aromatic heterocycles. The van der Waals surface area contributed by atoms with Gasteiger partial charge in [0.2, 0.25) is 5.96 Å². The van der Waals surface area contributed by atoms with Gasteiger partial charge in [-0.25, -0.2) is 4.99 Å². The summed E-state index contributed by atoms with van der Waals surface area (Å²) in [6.07, 6.45) is 2.85. The highest BCUT2D eigenvalue weighted by Gasteiger charge is 2.08. The van der Waals surface area contributed by atoms with E-state index in [0.29, 0.717) is 5.92 Å². The van der Waals surface area contributed by atoms with Crippen LogP contribution in [0, 0.1) is 11.3 Å². The van der Waals surface area contributed by atoms with Crippen molar-refractivity contribution < 1.29 is 0 Å². The molecule has 0 radical (unpaired) electrons. The van der Waals surface area contributed by atoms with Crippen LogP contribution in [-0.2, 0) is 0 Å². The molecule has 0 bridgehead atoms.